The Morgan fingerprint density at radius 3 is 2.58 bits per heavy atom. The third-order valence-corrected chi connectivity index (χ3v) is 5.65. The van der Waals surface area contributed by atoms with Crippen LogP contribution in [0.2, 0.25) is 0 Å². The van der Waals surface area contributed by atoms with E-state index in [1.165, 1.54) is 0 Å². The van der Waals surface area contributed by atoms with Crippen LogP contribution in [0, 0.1) is 6.92 Å². The zero-order valence-electron chi connectivity index (χ0n) is 16.8. The van der Waals surface area contributed by atoms with Crippen molar-refractivity contribution in [3.63, 3.8) is 0 Å². The SMILES string of the molecule is Cc1ccncc1-c1cc2c(-c3cc4c(-c5cccnc5)cccc4[nH]3)n[nH]c2cn1. The van der Waals surface area contributed by atoms with Crippen LogP contribution in [-0.2, 0) is 0 Å². The minimum absolute atomic E-state index is 0.869. The molecular weight excluding hydrogens is 384 g/mol. The summed E-state index contributed by atoms with van der Waals surface area (Å²) in [5.41, 5.74) is 9.05. The average molecular weight is 402 g/mol. The smallest absolute Gasteiger partial charge is 0.116 e. The molecule has 0 aliphatic heterocycles. The zero-order chi connectivity index (χ0) is 20.8. The fourth-order valence-corrected chi connectivity index (χ4v) is 4.06. The van der Waals surface area contributed by atoms with Crippen LogP contribution >= 0.6 is 0 Å². The van der Waals surface area contributed by atoms with Gasteiger partial charge in [0.15, 0.2) is 0 Å². The Labute approximate surface area is 178 Å². The maximum atomic E-state index is 4.61. The number of H-pyrrole nitrogens is 2. The number of rotatable bonds is 3. The van der Waals surface area contributed by atoms with Gasteiger partial charge in [0.1, 0.15) is 5.69 Å². The molecule has 6 rings (SSSR count). The number of hydrogen-bond donors (Lipinski definition) is 2. The number of pyridine rings is 3. The first kappa shape index (κ1) is 17.5. The summed E-state index contributed by atoms with van der Waals surface area (Å²) in [6.07, 6.45) is 9.16. The van der Waals surface area contributed by atoms with Crippen molar-refractivity contribution < 1.29 is 0 Å². The number of hydrogen-bond acceptors (Lipinski definition) is 4. The first-order valence-electron chi connectivity index (χ1n) is 10.1. The van der Waals surface area contributed by atoms with Gasteiger partial charge in [0.2, 0.25) is 0 Å². The van der Waals surface area contributed by atoms with Crippen molar-refractivity contribution in [1.82, 2.24) is 30.1 Å². The molecule has 0 aliphatic rings. The van der Waals surface area contributed by atoms with Crippen LogP contribution in [0.5, 0.6) is 0 Å². The molecule has 0 saturated heterocycles. The summed E-state index contributed by atoms with van der Waals surface area (Å²) < 4.78 is 0. The lowest BCUT2D eigenvalue weighted by molar-refractivity contribution is 1.11. The molecule has 2 N–H and O–H groups in total. The van der Waals surface area contributed by atoms with E-state index in [1.54, 1.807) is 12.4 Å². The molecule has 0 amide bonds. The Balaban J connectivity index is 1.52. The van der Waals surface area contributed by atoms with Gasteiger partial charge in [-0.05, 0) is 48.4 Å². The minimum atomic E-state index is 0.869. The first-order valence-corrected chi connectivity index (χ1v) is 10.1. The van der Waals surface area contributed by atoms with Crippen LogP contribution in [0.1, 0.15) is 5.56 Å². The lowest BCUT2D eigenvalue weighted by Gasteiger charge is -2.04. The number of aryl methyl sites for hydroxylation is 1. The van der Waals surface area contributed by atoms with E-state index in [0.717, 1.165) is 61.1 Å². The van der Waals surface area contributed by atoms with E-state index in [9.17, 15) is 0 Å². The van der Waals surface area contributed by atoms with Crippen molar-refractivity contribution in [2.75, 3.05) is 0 Å². The largest absolute Gasteiger partial charge is 0.353 e. The summed E-state index contributed by atoms with van der Waals surface area (Å²) >= 11 is 0. The molecule has 6 aromatic rings. The fraction of sp³-hybridized carbons (Fsp3) is 0.0400. The van der Waals surface area contributed by atoms with Gasteiger partial charge < -0.3 is 4.98 Å². The maximum Gasteiger partial charge on any atom is 0.116 e. The standard InChI is InChI=1S/C25H18N6/c1-15-7-9-27-13-20(15)22-11-19-24(14-28-22)30-31-25(19)23-10-18-17(5-2-6-21(18)29-23)16-4-3-8-26-12-16/h2-14,29H,1H3,(H,30,31). The molecule has 0 atom stereocenters. The fourth-order valence-electron chi connectivity index (χ4n) is 4.06. The molecule has 6 heteroatoms. The number of nitrogens with zero attached hydrogens (tertiary/aromatic N) is 4. The van der Waals surface area contributed by atoms with Gasteiger partial charge in [0, 0.05) is 52.2 Å². The van der Waals surface area contributed by atoms with E-state index in [0.29, 0.717) is 0 Å². The normalized spacial score (nSPS) is 11.4. The second-order valence-corrected chi connectivity index (χ2v) is 7.57. The van der Waals surface area contributed by atoms with Gasteiger partial charge in [-0.15, -0.1) is 0 Å². The van der Waals surface area contributed by atoms with E-state index in [2.05, 4.69) is 73.5 Å². The highest BCUT2D eigenvalue weighted by atomic mass is 15.1. The van der Waals surface area contributed by atoms with Gasteiger partial charge in [-0.1, -0.05) is 18.2 Å². The molecule has 5 aromatic heterocycles. The quantitative estimate of drug-likeness (QED) is 0.407. The summed E-state index contributed by atoms with van der Waals surface area (Å²) in [4.78, 5) is 16.7. The monoisotopic (exact) mass is 402 g/mol. The molecule has 0 aliphatic carbocycles. The topological polar surface area (TPSA) is 83.1 Å². The van der Waals surface area contributed by atoms with Gasteiger partial charge >= 0.3 is 0 Å². The Morgan fingerprint density at radius 2 is 1.71 bits per heavy atom. The summed E-state index contributed by atoms with van der Waals surface area (Å²) in [5.74, 6) is 0. The van der Waals surface area contributed by atoms with Crippen LogP contribution in [0.3, 0.4) is 0 Å². The molecule has 5 heterocycles. The molecule has 31 heavy (non-hydrogen) atoms. The van der Waals surface area contributed by atoms with Crippen molar-refractivity contribution >= 4 is 21.8 Å². The minimum Gasteiger partial charge on any atom is -0.353 e. The molecule has 148 valence electrons. The predicted octanol–water partition coefficient (Wildman–Crippen LogP) is 5.54. The Morgan fingerprint density at radius 1 is 0.774 bits per heavy atom. The summed E-state index contributed by atoms with van der Waals surface area (Å²) in [5, 5.41) is 9.86. The lowest BCUT2D eigenvalue weighted by atomic mass is 10.0. The summed E-state index contributed by atoms with van der Waals surface area (Å²) in [7, 11) is 0. The third-order valence-electron chi connectivity index (χ3n) is 5.65. The van der Waals surface area contributed by atoms with Gasteiger partial charge in [-0.2, -0.15) is 5.10 Å². The number of nitrogens with one attached hydrogen (secondary N) is 2. The van der Waals surface area contributed by atoms with Crippen molar-refractivity contribution in [3.05, 3.63) is 85.1 Å². The average Bonchev–Trinajstić information content (AvgIpc) is 3.43. The molecule has 6 nitrogen and oxygen atoms in total. The van der Waals surface area contributed by atoms with Crippen LogP contribution < -0.4 is 0 Å². The summed E-state index contributed by atoms with van der Waals surface area (Å²) in [6, 6.07) is 16.5. The number of benzene rings is 1. The summed E-state index contributed by atoms with van der Waals surface area (Å²) in [6.45, 7) is 2.07. The second kappa shape index (κ2) is 6.88. The molecule has 0 fully saturated rings. The number of aromatic amines is 2. The highest BCUT2D eigenvalue weighted by Crippen LogP contribution is 2.34. The van der Waals surface area contributed by atoms with Crippen LogP contribution in [0.4, 0.5) is 0 Å². The van der Waals surface area contributed by atoms with Crippen molar-refractivity contribution in [2.24, 2.45) is 0 Å². The van der Waals surface area contributed by atoms with Crippen LogP contribution in [0.15, 0.2) is 79.5 Å². The van der Waals surface area contributed by atoms with E-state index in [4.69, 9.17) is 0 Å². The highest BCUT2D eigenvalue weighted by Gasteiger charge is 2.15. The molecule has 1 aromatic carbocycles. The molecule has 0 bridgehead atoms. The number of aromatic nitrogens is 6. The molecular formula is C25H18N6. The van der Waals surface area contributed by atoms with E-state index >= 15 is 0 Å². The first-order chi connectivity index (χ1) is 15.3. The molecule has 0 spiro atoms. The maximum absolute atomic E-state index is 4.61. The zero-order valence-corrected chi connectivity index (χ0v) is 16.8. The Kier molecular flexibility index (Phi) is 3.89. The van der Waals surface area contributed by atoms with Gasteiger partial charge in [-0.3, -0.25) is 20.1 Å². The number of fused-ring (bicyclic) bond motifs is 2. The van der Waals surface area contributed by atoms with Crippen LogP contribution in [0.25, 0.3) is 55.6 Å². The molecule has 0 radical (unpaired) electrons. The van der Waals surface area contributed by atoms with Crippen molar-refractivity contribution in [3.8, 4) is 33.8 Å². The predicted molar refractivity (Wildman–Crippen MR) is 122 cm³/mol. The van der Waals surface area contributed by atoms with Crippen LogP contribution in [-0.4, -0.2) is 30.1 Å². The van der Waals surface area contributed by atoms with E-state index in [-0.39, 0.29) is 0 Å². The molecule has 0 saturated carbocycles. The van der Waals surface area contributed by atoms with E-state index < -0.39 is 0 Å². The van der Waals surface area contributed by atoms with Gasteiger partial charge in [0.25, 0.3) is 0 Å². The van der Waals surface area contributed by atoms with Crippen molar-refractivity contribution in [2.45, 2.75) is 6.92 Å². The Bertz CT molecular complexity index is 1550. The van der Waals surface area contributed by atoms with Gasteiger partial charge in [0.05, 0.1) is 23.1 Å². The lowest BCUT2D eigenvalue weighted by Crippen LogP contribution is -1.88. The van der Waals surface area contributed by atoms with E-state index in [1.807, 2.05) is 30.7 Å². The molecule has 0 unspecified atom stereocenters. The van der Waals surface area contributed by atoms with Crippen molar-refractivity contribution in [1.29, 1.82) is 0 Å². The second-order valence-electron chi connectivity index (χ2n) is 7.57. The highest BCUT2D eigenvalue weighted by molar-refractivity contribution is 6.01. The Hall–Kier alpha value is -4.32. The van der Waals surface area contributed by atoms with Gasteiger partial charge in [-0.25, -0.2) is 0 Å². The third kappa shape index (κ3) is 2.88.